The monoisotopic (exact) mass is 361 g/mol. The van der Waals surface area contributed by atoms with Gasteiger partial charge in [0.2, 0.25) is 0 Å². The Bertz CT molecular complexity index is 1150. The normalized spacial score (nSPS) is 13.7. The van der Waals surface area contributed by atoms with E-state index in [1.54, 1.807) is 0 Å². The first-order chi connectivity index (χ1) is 12.7. The predicted octanol–water partition coefficient (Wildman–Crippen LogP) is 4.10. The average molecular weight is 362 g/mol. The highest BCUT2D eigenvalue weighted by atomic mass is 35.5. The fourth-order valence-electron chi connectivity index (χ4n) is 3.60. The van der Waals surface area contributed by atoms with Crippen molar-refractivity contribution in [1.29, 1.82) is 0 Å². The van der Waals surface area contributed by atoms with E-state index in [1.165, 1.54) is 5.56 Å². The quantitative estimate of drug-likeness (QED) is 0.584. The number of hydrogen-bond donors (Lipinski definition) is 1. The number of para-hydroxylation sites is 1. The van der Waals surface area contributed by atoms with Crippen LogP contribution in [-0.2, 0) is 6.42 Å². The van der Waals surface area contributed by atoms with Gasteiger partial charge >= 0.3 is 0 Å². The second-order valence-corrected chi connectivity index (χ2v) is 6.86. The number of aromatic amines is 1. The van der Waals surface area contributed by atoms with Gasteiger partial charge in [-0.05, 0) is 49.2 Å². The molecule has 128 valence electrons. The molecule has 0 bridgehead atoms. The molecule has 5 nitrogen and oxygen atoms in total. The number of nitrogens with one attached hydrogen (secondary N) is 1. The molecule has 0 saturated carbocycles. The molecule has 0 saturated heterocycles. The Morgan fingerprint density at radius 3 is 2.81 bits per heavy atom. The van der Waals surface area contributed by atoms with Crippen LogP contribution in [0.2, 0.25) is 5.02 Å². The fraction of sp³-hybridized carbons (Fsp3) is 0.150. The molecule has 1 N–H and O–H groups in total. The van der Waals surface area contributed by atoms with Gasteiger partial charge in [-0.3, -0.25) is 4.99 Å². The van der Waals surface area contributed by atoms with Crippen LogP contribution in [-0.4, -0.2) is 32.2 Å². The van der Waals surface area contributed by atoms with Gasteiger partial charge in [0.05, 0.1) is 17.1 Å². The van der Waals surface area contributed by atoms with Crippen molar-refractivity contribution in [1.82, 2.24) is 20.0 Å². The first-order valence-electron chi connectivity index (χ1n) is 8.55. The molecule has 4 aromatic rings. The van der Waals surface area contributed by atoms with E-state index >= 15 is 0 Å². The van der Waals surface area contributed by atoms with Gasteiger partial charge in [-0.1, -0.05) is 35.0 Å². The summed E-state index contributed by atoms with van der Waals surface area (Å²) in [5, 5.41) is 10.7. The maximum atomic E-state index is 6.20. The number of aliphatic imine (C=N–C) groups is 1. The standard InChI is InChI=1S/C20H16ClN5/c1-12-18(24-25-26(12)14-5-3-2-4-6-14)20-19-15(9-10-22-20)16-11-13(21)7-8-17(16)23-19/h2-8,11,23H,9-10H2,1H3. The number of H-pyrrole nitrogens is 1. The van der Waals surface area contributed by atoms with Gasteiger partial charge in [-0.15, -0.1) is 5.10 Å². The van der Waals surface area contributed by atoms with Gasteiger partial charge < -0.3 is 4.98 Å². The topological polar surface area (TPSA) is 58.9 Å². The Hall–Kier alpha value is -2.92. The van der Waals surface area contributed by atoms with Crippen molar-refractivity contribution in [3.63, 3.8) is 0 Å². The summed E-state index contributed by atoms with van der Waals surface area (Å²) in [5.74, 6) is 0. The first-order valence-corrected chi connectivity index (χ1v) is 8.93. The van der Waals surface area contributed by atoms with Gasteiger partial charge in [-0.25, -0.2) is 4.68 Å². The van der Waals surface area contributed by atoms with E-state index in [0.717, 1.165) is 57.4 Å². The summed E-state index contributed by atoms with van der Waals surface area (Å²) in [7, 11) is 0. The molecule has 2 aromatic heterocycles. The van der Waals surface area contributed by atoms with Gasteiger partial charge in [0.1, 0.15) is 11.4 Å². The number of aromatic nitrogens is 4. The second-order valence-electron chi connectivity index (χ2n) is 6.42. The zero-order valence-electron chi connectivity index (χ0n) is 14.2. The van der Waals surface area contributed by atoms with Crippen LogP contribution < -0.4 is 0 Å². The Morgan fingerprint density at radius 1 is 1.12 bits per heavy atom. The number of nitrogens with zero attached hydrogens (tertiary/aromatic N) is 4. The summed E-state index contributed by atoms with van der Waals surface area (Å²) < 4.78 is 1.85. The van der Waals surface area contributed by atoms with E-state index < -0.39 is 0 Å². The molecule has 2 aromatic carbocycles. The summed E-state index contributed by atoms with van der Waals surface area (Å²) in [4.78, 5) is 8.26. The molecule has 0 atom stereocenters. The van der Waals surface area contributed by atoms with Gasteiger partial charge in [0.25, 0.3) is 0 Å². The van der Waals surface area contributed by atoms with Crippen LogP contribution in [0.4, 0.5) is 0 Å². The number of benzene rings is 2. The van der Waals surface area contributed by atoms with Crippen LogP contribution in [0.1, 0.15) is 22.6 Å². The number of hydrogen-bond acceptors (Lipinski definition) is 3. The summed E-state index contributed by atoms with van der Waals surface area (Å²) in [5.41, 5.74) is 6.99. The maximum Gasteiger partial charge on any atom is 0.136 e. The Balaban J connectivity index is 1.66. The van der Waals surface area contributed by atoms with Crippen molar-refractivity contribution in [2.24, 2.45) is 4.99 Å². The number of fused-ring (bicyclic) bond motifs is 3. The SMILES string of the molecule is Cc1c(C2=NCCc3c2[nH]c2ccc(Cl)cc32)nnn1-c1ccccc1. The van der Waals surface area contributed by atoms with Crippen molar-refractivity contribution in [3.8, 4) is 5.69 Å². The molecule has 0 aliphatic carbocycles. The molecule has 26 heavy (non-hydrogen) atoms. The molecule has 0 spiro atoms. The van der Waals surface area contributed by atoms with E-state index in [4.69, 9.17) is 16.6 Å². The van der Waals surface area contributed by atoms with Crippen molar-refractivity contribution in [2.45, 2.75) is 13.3 Å². The van der Waals surface area contributed by atoms with Crippen LogP contribution in [0, 0.1) is 6.92 Å². The van der Waals surface area contributed by atoms with Gasteiger partial charge in [-0.2, -0.15) is 0 Å². The Kier molecular flexibility index (Phi) is 3.43. The molecule has 0 fully saturated rings. The lowest BCUT2D eigenvalue weighted by Gasteiger charge is -2.12. The van der Waals surface area contributed by atoms with Crippen molar-refractivity contribution >= 4 is 28.2 Å². The van der Waals surface area contributed by atoms with E-state index in [2.05, 4.69) is 15.3 Å². The Morgan fingerprint density at radius 2 is 1.96 bits per heavy atom. The first kappa shape index (κ1) is 15.3. The zero-order valence-corrected chi connectivity index (χ0v) is 15.0. The van der Waals surface area contributed by atoms with Crippen LogP contribution in [0.15, 0.2) is 53.5 Å². The summed E-state index contributed by atoms with van der Waals surface area (Å²) in [6.45, 7) is 2.76. The minimum absolute atomic E-state index is 0.736. The molecule has 1 aliphatic heterocycles. The lowest BCUT2D eigenvalue weighted by Crippen LogP contribution is -2.15. The van der Waals surface area contributed by atoms with Crippen LogP contribution in [0.25, 0.3) is 16.6 Å². The number of halogens is 1. The smallest absolute Gasteiger partial charge is 0.136 e. The highest BCUT2D eigenvalue weighted by Crippen LogP contribution is 2.30. The zero-order chi connectivity index (χ0) is 17.7. The van der Waals surface area contributed by atoms with Crippen molar-refractivity contribution in [3.05, 3.63) is 76.2 Å². The second kappa shape index (κ2) is 5.81. The molecule has 5 rings (SSSR count). The summed E-state index contributed by atoms with van der Waals surface area (Å²) in [6.07, 6.45) is 0.894. The van der Waals surface area contributed by atoms with E-state index in [0.29, 0.717) is 0 Å². The summed E-state index contributed by atoms with van der Waals surface area (Å²) in [6, 6.07) is 15.9. The average Bonchev–Trinajstić information content (AvgIpc) is 3.23. The lowest BCUT2D eigenvalue weighted by molar-refractivity contribution is 0.785. The van der Waals surface area contributed by atoms with Crippen molar-refractivity contribution < 1.29 is 0 Å². The number of rotatable bonds is 2. The molecular formula is C20H16ClN5. The largest absolute Gasteiger partial charge is 0.353 e. The molecule has 1 aliphatic rings. The minimum Gasteiger partial charge on any atom is -0.353 e. The molecule has 0 radical (unpaired) electrons. The maximum absolute atomic E-state index is 6.20. The van der Waals surface area contributed by atoms with E-state index in [9.17, 15) is 0 Å². The van der Waals surface area contributed by atoms with E-state index in [-0.39, 0.29) is 0 Å². The molecule has 3 heterocycles. The van der Waals surface area contributed by atoms with Crippen molar-refractivity contribution in [2.75, 3.05) is 6.54 Å². The third-order valence-corrected chi connectivity index (χ3v) is 5.09. The Labute approximate surface area is 155 Å². The molecule has 0 unspecified atom stereocenters. The highest BCUT2D eigenvalue weighted by molar-refractivity contribution is 6.31. The van der Waals surface area contributed by atoms with Gasteiger partial charge in [0.15, 0.2) is 0 Å². The van der Waals surface area contributed by atoms with Crippen LogP contribution >= 0.6 is 11.6 Å². The lowest BCUT2D eigenvalue weighted by atomic mass is 10.00. The molecule has 6 heteroatoms. The molecular weight excluding hydrogens is 346 g/mol. The van der Waals surface area contributed by atoms with Gasteiger partial charge in [0, 0.05) is 22.5 Å². The third kappa shape index (κ3) is 2.28. The highest BCUT2D eigenvalue weighted by Gasteiger charge is 2.25. The fourth-order valence-corrected chi connectivity index (χ4v) is 3.77. The predicted molar refractivity (Wildman–Crippen MR) is 104 cm³/mol. The minimum atomic E-state index is 0.736. The van der Waals surface area contributed by atoms with Crippen LogP contribution in [0.5, 0.6) is 0 Å². The van der Waals surface area contributed by atoms with Crippen LogP contribution in [0.3, 0.4) is 0 Å². The third-order valence-electron chi connectivity index (χ3n) is 4.86. The summed E-state index contributed by atoms with van der Waals surface area (Å²) >= 11 is 6.20. The van der Waals surface area contributed by atoms with E-state index in [1.807, 2.05) is 60.1 Å². The molecule has 0 amide bonds.